The first-order chi connectivity index (χ1) is 22.5. The van der Waals surface area contributed by atoms with E-state index in [0.717, 1.165) is 33.4 Å². The molecule has 0 unspecified atom stereocenters. The molecule has 7 rings (SSSR count). The minimum atomic E-state index is -0.478. The van der Waals surface area contributed by atoms with Crippen molar-refractivity contribution in [1.82, 2.24) is 4.90 Å². The van der Waals surface area contributed by atoms with E-state index in [0.29, 0.717) is 30.9 Å². The Hall–Kier alpha value is -5.95. The van der Waals surface area contributed by atoms with Crippen LogP contribution in [0.5, 0.6) is 5.75 Å². The molecule has 0 N–H and O–H groups in total. The van der Waals surface area contributed by atoms with Crippen LogP contribution in [0.3, 0.4) is 0 Å². The van der Waals surface area contributed by atoms with E-state index in [2.05, 4.69) is 29.2 Å². The molecule has 0 fully saturated rings. The highest BCUT2D eigenvalue weighted by Gasteiger charge is 2.39. The van der Waals surface area contributed by atoms with Crippen molar-refractivity contribution in [3.63, 3.8) is 0 Å². The summed E-state index contributed by atoms with van der Waals surface area (Å²) in [5.74, 6) is 0.465. The Morgan fingerprint density at radius 2 is 1.30 bits per heavy atom. The van der Waals surface area contributed by atoms with E-state index in [1.807, 2.05) is 103 Å². The lowest BCUT2D eigenvalue weighted by molar-refractivity contribution is -0.384. The van der Waals surface area contributed by atoms with Crippen LogP contribution in [-0.4, -0.2) is 15.7 Å². The number of nitro benzene ring substituents is 1. The van der Waals surface area contributed by atoms with Crippen molar-refractivity contribution in [2.45, 2.75) is 25.9 Å². The lowest BCUT2D eigenvalue weighted by Crippen LogP contribution is -2.48. The van der Waals surface area contributed by atoms with Crippen molar-refractivity contribution in [2.24, 2.45) is 0 Å². The summed E-state index contributed by atoms with van der Waals surface area (Å²) in [6.07, 6.45) is -0.478. The van der Waals surface area contributed by atoms with E-state index in [9.17, 15) is 14.9 Å². The maximum Gasteiger partial charge on any atom is 0.270 e. The van der Waals surface area contributed by atoms with E-state index in [1.165, 1.54) is 17.5 Å². The van der Waals surface area contributed by atoms with Gasteiger partial charge >= 0.3 is 0 Å². The normalized spacial score (nSPS) is 14.3. The van der Waals surface area contributed by atoms with Crippen molar-refractivity contribution in [3.05, 3.63) is 184 Å². The van der Waals surface area contributed by atoms with Gasteiger partial charge in [-0.3, -0.25) is 14.9 Å². The number of nitro groups is 1. The highest BCUT2D eigenvalue weighted by Crippen LogP contribution is 2.42. The number of nitrogens with zero attached hydrogens (tertiary/aromatic N) is 3. The second kappa shape index (κ2) is 12.6. The summed E-state index contributed by atoms with van der Waals surface area (Å²) in [6.45, 7) is 1.25. The number of carbonyl (C=O) groups excluding carboxylic acids is 1. The van der Waals surface area contributed by atoms with Gasteiger partial charge in [-0.2, -0.15) is 0 Å². The summed E-state index contributed by atoms with van der Waals surface area (Å²) in [6, 6.07) is 46.8. The first-order valence-corrected chi connectivity index (χ1v) is 15.2. The number of hydrogen-bond acceptors (Lipinski definition) is 5. The van der Waals surface area contributed by atoms with Crippen molar-refractivity contribution < 1.29 is 14.5 Å². The number of non-ortho nitro benzene ring substituents is 1. The zero-order valence-electron chi connectivity index (χ0n) is 25.0. The van der Waals surface area contributed by atoms with Crippen molar-refractivity contribution in [2.75, 3.05) is 4.90 Å². The molecule has 7 heteroatoms. The monoisotopic (exact) mass is 605 g/mol. The number of benzene rings is 6. The third kappa shape index (κ3) is 5.78. The van der Waals surface area contributed by atoms with Crippen LogP contribution in [0, 0.1) is 10.1 Å². The lowest BCUT2D eigenvalue weighted by atomic mass is 9.98. The van der Waals surface area contributed by atoms with Gasteiger partial charge in [0.15, 0.2) is 0 Å². The Labute approximate surface area is 267 Å². The summed E-state index contributed by atoms with van der Waals surface area (Å²) in [5.41, 5.74) is 4.89. The van der Waals surface area contributed by atoms with Gasteiger partial charge in [0.1, 0.15) is 18.5 Å². The fourth-order valence-corrected chi connectivity index (χ4v) is 6.19. The molecule has 0 aromatic heterocycles. The van der Waals surface area contributed by atoms with E-state index < -0.39 is 11.1 Å². The average molecular weight is 606 g/mol. The molecule has 0 radical (unpaired) electrons. The van der Waals surface area contributed by atoms with E-state index in [1.54, 1.807) is 11.0 Å². The molecule has 1 amide bonds. The SMILES string of the molecule is O=C1c2cc([N+](=O)[O-])ccc2N(Cc2ccccc2)[C@H](c2ccc(OCc3cccc4ccccc34)cc2)N1Cc1ccccc1. The zero-order valence-corrected chi connectivity index (χ0v) is 25.0. The van der Waals surface area contributed by atoms with Crippen LogP contribution in [0.4, 0.5) is 11.4 Å². The van der Waals surface area contributed by atoms with Gasteiger partial charge in [0.05, 0.1) is 16.2 Å². The highest BCUT2D eigenvalue weighted by molar-refractivity contribution is 6.02. The van der Waals surface area contributed by atoms with Gasteiger partial charge in [0, 0.05) is 25.2 Å². The second-order valence-corrected chi connectivity index (χ2v) is 11.4. The maximum atomic E-state index is 14.3. The summed E-state index contributed by atoms with van der Waals surface area (Å²) >= 11 is 0. The standard InChI is InChI=1S/C39H31N3O4/c43-39-36-24-33(42(44)45)20-23-37(36)40(25-28-10-3-1-4-11-28)38(41(39)26-29-12-5-2-6-13-29)31-18-21-34(22-19-31)46-27-32-16-9-15-30-14-7-8-17-35(30)32/h1-24,38H,25-27H2/t38-/m0/s1. The molecule has 1 atom stereocenters. The molecule has 0 spiro atoms. The van der Waals surface area contributed by atoms with Gasteiger partial charge in [-0.05, 0) is 51.2 Å². The molecular weight excluding hydrogens is 574 g/mol. The van der Waals surface area contributed by atoms with E-state index in [4.69, 9.17) is 4.74 Å². The Morgan fingerprint density at radius 1 is 0.674 bits per heavy atom. The van der Waals surface area contributed by atoms with Gasteiger partial charge in [-0.25, -0.2) is 0 Å². The zero-order chi connectivity index (χ0) is 31.5. The molecule has 6 aromatic rings. The average Bonchev–Trinajstić information content (AvgIpc) is 3.10. The predicted octanol–water partition coefficient (Wildman–Crippen LogP) is 8.69. The second-order valence-electron chi connectivity index (χ2n) is 11.4. The highest BCUT2D eigenvalue weighted by atomic mass is 16.6. The molecule has 0 aliphatic carbocycles. The fourth-order valence-electron chi connectivity index (χ4n) is 6.19. The van der Waals surface area contributed by atoms with Crippen LogP contribution < -0.4 is 9.64 Å². The van der Waals surface area contributed by atoms with Crippen LogP contribution in [0.25, 0.3) is 10.8 Å². The number of anilines is 1. The number of amides is 1. The molecule has 0 saturated heterocycles. The molecule has 7 nitrogen and oxygen atoms in total. The third-order valence-corrected chi connectivity index (χ3v) is 8.43. The Bertz CT molecular complexity index is 2010. The summed E-state index contributed by atoms with van der Waals surface area (Å²) in [7, 11) is 0. The molecule has 226 valence electrons. The number of fused-ring (bicyclic) bond motifs is 2. The predicted molar refractivity (Wildman–Crippen MR) is 179 cm³/mol. The molecule has 1 aliphatic heterocycles. The molecular formula is C39H31N3O4. The first kappa shape index (κ1) is 28.8. The van der Waals surface area contributed by atoms with Crippen LogP contribution >= 0.6 is 0 Å². The van der Waals surface area contributed by atoms with Crippen molar-refractivity contribution in [1.29, 1.82) is 0 Å². The number of rotatable bonds is 9. The van der Waals surface area contributed by atoms with Crippen LogP contribution in [0.2, 0.25) is 0 Å². The van der Waals surface area contributed by atoms with Gasteiger partial charge in [-0.15, -0.1) is 0 Å². The van der Waals surface area contributed by atoms with Gasteiger partial charge < -0.3 is 14.5 Å². The van der Waals surface area contributed by atoms with Crippen molar-refractivity contribution in [3.8, 4) is 5.75 Å². The molecule has 0 bridgehead atoms. The summed E-state index contributed by atoms with van der Waals surface area (Å²) in [4.78, 5) is 29.5. The Balaban J connectivity index is 1.27. The Kier molecular flexibility index (Phi) is 7.87. The molecule has 46 heavy (non-hydrogen) atoms. The molecule has 0 saturated carbocycles. The van der Waals surface area contributed by atoms with E-state index in [-0.39, 0.29) is 11.6 Å². The smallest absolute Gasteiger partial charge is 0.270 e. The topological polar surface area (TPSA) is 75.9 Å². The van der Waals surface area contributed by atoms with Crippen LogP contribution in [0.1, 0.15) is 38.8 Å². The Morgan fingerprint density at radius 3 is 2.00 bits per heavy atom. The first-order valence-electron chi connectivity index (χ1n) is 15.2. The number of carbonyl (C=O) groups is 1. The van der Waals surface area contributed by atoms with Crippen molar-refractivity contribution >= 4 is 28.1 Å². The third-order valence-electron chi connectivity index (χ3n) is 8.43. The molecule has 6 aromatic carbocycles. The minimum Gasteiger partial charge on any atom is -0.489 e. The van der Waals surface area contributed by atoms with Gasteiger partial charge in [-0.1, -0.05) is 115 Å². The fraction of sp³-hybridized carbons (Fsp3) is 0.103. The van der Waals surface area contributed by atoms with E-state index >= 15 is 0 Å². The quantitative estimate of drug-likeness (QED) is 0.122. The molecule has 1 aliphatic rings. The van der Waals surface area contributed by atoms with Gasteiger partial charge in [0.25, 0.3) is 11.6 Å². The summed E-state index contributed by atoms with van der Waals surface area (Å²) < 4.78 is 6.24. The minimum absolute atomic E-state index is 0.113. The van der Waals surface area contributed by atoms with Crippen LogP contribution in [0.15, 0.2) is 146 Å². The summed E-state index contributed by atoms with van der Waals surface area (Å²) in [5, 5.41) is 14.1. The maximum absolute atomic E-state index is 14.3. The number of ether oxygens (including phenoxy) is 1. The van der Waals surface area contributed by atoms with Crippen LogP contribution in [-0.2, 0) is 19.7 Å². The molecule has 1 heterocycles. The van der Waals surface area contributed by atoms with Gasteiger partial charge in [0.2, 0.25) is 0 Å². The lowest BCUT2D eigenvalue weighted by Gasteiger charge is -2.46. The largest absolute Gasteiger partial charge is 0.489 e. The number of hydrogen-bond donors (Lipinski definition) is 0.